The quantitative estimate of drug-likeness (QED) is 0.627. The summed E-state index contributed by atoms with van der Waals surface area (Å²) in [6.45, 7) is 0. The summed E-state index contributed by atoms with van der Waals surface area (Å²) in [7, 11) is 1.56. The Morgan fingerprint density at radius 3 is 2.50 bits per heavy atom. The maximum atomic E-state index is 12.9. The number of carbonyl (C=O) groups is 2. The van der Waals surface area contributed by atoms with Crippen LogP contribution in [0.5, 0.6) is 0 Å². The molecule has 3 rings (SSSR count). The number of nitro groups is 1. The van der Waals surface area contributed by atoms with Gasteiger partial charge in [0, 0.05) is 30.8 Å². The first-order chi connectivity index (χ1) is 13.5. The number of nitrogens with one attached hydrogen (secondary N) is 1. The minimum Gasteiger partial charge on any atom is -0.349 e. The van der Waals surface area contributed by atoms with Crippen molar-refractivity contribution in [2.24, 2.45) is 0 Å². The topological polar surface area (TPSA) is 92.6 Å². The first-order valence-corrected chi connectivity index (χ1v) is 9.40. The van der Waals surface area contributed by atoms with Crippen LogP contribution in [0.4, 0.5) is 11.4 Å². The van der Waals surface area contributed by atoms with E-state index in [1.807, 2.05) is 0 Å². The summed E-state index contributed by atoms with van der Waals surface area (Å²) in [6, 6.07) is 12.6. The lowest BCUT2D eigenvalue weighted by Crippen LogP contribution is -2.37. The maximum Gasteiger partial charge on any atom is 0.270 e. The van der Waals surface area contributed by atoms with Gasteiger partial charge in [0.25, 0.3) is 17.5 Å². The van der Waals surface area contributed by atoms with Gasteiger partial charge in [0.15, 0.2) is 0 Å². The van der Waals surface area contributed by atoms with Crippen molar-refractivity contribution in [2.75, 3.05) is 11.9 Å². The molecular weight excluding hydrogens is 358 g/mol. The van der Waals surface area contributed by atoms with E-state index in [-0.39, 0.29) is 23.2 Å². The van der Waals surface area contributed by atoms with Crippen LogP contribution in [-0.4, -0.2) is 29.8 Å². The van der Waals surface area contributed by atoms with Gasteiger partial charge in [-0.05, 0) is 31.0 Å². The van der Waals surface area contributed by atoms with Gasteiger partial charge in [-0.1, -0.05) is 37.5 Å². The fraction of sp³-hybridized carbons (Fsp3) is 0.333. The van der Waals surface area contributed by atoms with Crippen molar-refractivity contribution in [3.05, 3.63) is 69.8 Å². The average Bonchev–Trinajstić information content (AvgIpc) is 2.73. The molecule has 0 bridgehead atoms. The van der Waals surface area contributed by atoms with Crippen molar-refractivity contribution in [3.8, 4) is 0 Å². The van der Waals surface area contributed by atoms with Crippen molar-refractivity contribution in [2.45, 2.75) is 38.1 Å². The van der Waals surface area contributed by atoms with Crippen LogP contribution in [0.1, 0.15) is 52.8 Å². The van der Waals surface area contributed by atoms with Crippen LogP contribution in [0, 0.1) is 10.1 Å². The normalized spacial score (nSPS) is 14.3. The van der Waals surface area contributed by atoms with Crippen molar-refractivity contribution in [1.29, 1.82) is 0 Å². The van der Waals surface area contributed by atoms with Crippen molar-refractivity contribution >= 4 is 23.2 Å². The molecule has 0 heterocycles. The number of hydrogen-bond donors (Lipinski definition) is 1. The highest BCUT2D eigenvalue weighted by atomic mass is 16.6. The second-order valence-electron chi connectivity index (χ2n) is 7.00. The Bertz CT molecular complexity index is 891. The second-order valence-corrected chi connectivity index (χ2v) is 7.00. The lowest BCUT2D eigenvalue weighted by Gasteiger charge is -2.25. The molecule has 7 heteroatoms. The van der Waals surface area contributed by atoms with E-state index >= 15 is 0 Å². The Morgan fingerprint density at radius 2 is 1.79 bits per heavy atom. The van der Waals surface area contributed by atoms with Crippen molar-refractivity contribution in [3.63, 3.8) is 0 Å². The molecule has 0 aromatic heterocycles. The minimum atomic E-state index is -0.539. The molecule has 0 atom stereocenters. The van der Waals surface area contributed by atoms with Crippen LogP contribution >= 0.6 is 0 Å². The van der Waals surface area contributed by atoms with Gasteiger partial charge in [-0.15, -0.1) is 0 Å². The smallest absolute Gasteiger partial charge is 0.270 e. The highest BCUT2D eigenvalue weighted by Gasteiger charge is 2.23. The summed E-state index contributed by atoms with van der Waals surface area (Å²) in [5, 5.41) is 14.0. The van der Waals surface area contributed by atoms with Crippen LogP contribution in [0.2, 0.25) is 0 Å². The van der Waals surface area contributed by atoms with Gasteiger partial charge in [-0.3, -0.25) is 19.7 Å². The molecule has 2 aromatic rings. The van der Waals surface area contributed by atoms with E-state index in [1.54, 1.807) is 31.3 Å². The summed E-state index contributed by atoms with van der Waals surface area (Å²) in [5.74, 6) is -0.622. The van der Waals surface area contributed by atoms with Crippen molar-refractivity contribution < 1.29 is 14.5 Å². The Hall–Kier alpha value is -3.22. The molecule has 0 saturated heterocycles. The summed E-state index contributed by atoms with van der Waals surface area (Å²) in [6.07, 6.45) is 5.35. The van der Waals surface area contributed by atoms with E-state index in [4.69, 9.17) is 0 Å². The molecule has 7 nitrogen and oxygen atoms in total. The summed E-state index contributed by atoms with van der Waals surface area (Å²) >= 11 is 0. The molecule has 2 aromatic carbocycles. The summed E-state index contributed by atoms with van der Waals surface area (Å²) in [4.78, 5) is 37.5. The lowest BCUT2D eigenvalue weighted by molar-refractivity contribution is -0.384. The monoisotopic (exact) mass is 381 g/mol. The summed E-state index contributed by atoms with van der Waals surface area (Å²) in [5.41, 5.74) is 0.920. The van der Waals surface area contributed by atoms with Crippen molar-refractivity contribution in [1.82, 2.24) is 5.32 Å². The first-order valence-electron chi connectivity index (χ1n) is 9.40. The van der Waals surface area contributed by atoms with Gasteiger partial charge in [0.2, 0.25) is 0 Å². The summed E-state index contributed by atoms with van der Waals surface area (Å²) < 4.78 is 0. The van der Waals surface area contributed by atoms with E-state index in [0.717, 1.165) is 25.7 Å². The molecule has 146 valence electrons. The lowest BCUT2D eigenvalue weighted by atomic mass is 9.95. The molecule has 1 saturated carbocycles. The molecule has 1 N–H and O–H groups in total. The molecule has 2 amide bonds. The molecule has 0 radical (unpaired) electrons. The number of benzene rings is 2. The van der Waals surface area contributed by atoms with E-state index < -0.39 is 10.8 Å². The van der Waals surface area contributed by atoms with Gasteiger partial charge < -0.3 is 10.2 Å². The predicted molar refractivity (Wildman–Crippen MR) is 107 cm³/mol. The predicted octanol–water partition coefficient (Wildman–Crippen LogP) is 3.93. The van der Waals surface area contributed by atoms with Gasteiger partial charge in [-0.2, -0.15) is 0 Å². The standard InChI is InChI=1S/C21H23N3O4/c1-23(21(26)15-8-7-11-17(14-15)24(27)28)19-13-6-5-12-18(19)20(25)22-16-9-3-2-4-10-16/h5-8,11-14,16H,2-4,9-10H2,1H3,(H,22,25). The van der Waals surface area contributed by atoms with E-state index in [2.05, 4.69) is 5.32 Å². The number of amides is 2. The fourth-order valence-electron chi connectivity index (χ4n) is 3.52. The zero-order valence-electron chi connectivity index (χ0n) is 15.8. The average molecular weight is 381 g/mol. The third kappa shape index (κ3) is 4.36. The Balaban J connectivity index is 1.82. The number of nitro benzene ring substituents is 1. The molecular formula is C21H23N3O4. The third-order valence-corrected chi connectivity index (χ3v) is 5.06. The van der Waals surface area contributed by atoms with Crippen LogP contribution < -0.4 is 10.2 Å². The largest absolute Gasteiger partial charge is 0.349 e. The Labute approximate surface area is 163 Å². The van der Waals surface area contributed by atoms with Crippen LogP contribution in [0.3, 0.4) is 0 Å². The Morgan fingerprint density at radius 1 is 1.07 bits per heavy atom. The number of hydrogen-bond acceptors (Lipinski definition) is 4. The number of non-ortho nitro benzene ring substituents is 1. The first kappa shape index (κ1) is 19.5. The third-order valence-electron chi connectivity index (χ3n) is 5.06. The van der Waals surface area contributed by atoms with Gasteiger partial charge in [-0.25, -0.2) is 0 Å². The van der Waals surface area contributed by atoms with Crippen LogP contribution in [-0.2, 0) is 0 Å². The number of nitrogens with zero attached hydrogens (tertiary/aromatic N) is 2. The minimum absolute atomic E-state index is 0.150. The van der Waals surface area contributed by atoms with E-state index in [9.17, 15) is 19.7 Å². The Kier molecular flexibility index (Phi) is 6.03. The van der Waals surface area contributed by atoms with Crippen LogP contribution in [0.25, 0.3) is 0 Å². The molecule has 1 aliphatic carbocycles. The number of anilines is 1. The van der Waals surface area contributed by atoms with Gasteiger partial charge in [0.1, 0.15) is 0 Å². The van der Waals surface area contributed by atoms with Crippen LogP contribution in [0.15, 0.2) is 48.5 Å². The molecule has 0 aliphatic heterocycles. The van der Waals surface area contributed by atoms with Gasteiger partial charge in [0.05, 0.1) is 16.2 Å². The zero-order chi connectivity index (χ0) is 20.1. The molecule has 1 fully saturated rings. The number of rotatable bonds is 5. The fourth-order valence-corrected chi connectivity index (χ4v) is 3.52. The molecule has 0 unspecified atom stereocenters. The maximum absolute atomic E-state index is 12.9. The number of para-hydroxylation sites is 1. The van der Waals surface area contributed by atoms with E-state index in [0.29, 0.717) is 11.3 Å². The highest BCUT2D eigenvalue weighted by Crippen LogP contribution is 2.24. The van der Waals surface area contributed by atoms with Gasteiger partial charge >= 0.3 is 0 Å². The zero-order valence-corrected chi connectivity index (χ0v) is 15.8. The molecule has 0 spiro atoms. The number of carbonyl (C=O) groups excluding carboxylic acids is 2. The molecule has 28 heavy (non-hydrogen) atoms. The SMILES string of the molecule is CN(C(=O)c1cccc([N+](=O)[O-])c1)c1ccccc1C(=O)NC1CCCCC1. The highest BCUT2D eigenvalue weighted by molar-refractivity contribution is 6.10. The second kappa shape index (κ2) is 8.65. The molecule has 1 aliphatic rings. The van der Waals surface area contributed by atoms with E-state index in [1.165, 1.54) is 35.6 Å².